The van der Waals surface area contributed by atoms with Crippen LogP contribution in [-0.2, 0) is 22.3 Å². The number of hydrogen-bond donors (Lipinski definition) is 0. The van der Waals surface area contributed by atoms with E-state index in [1.807, 2.05) is 20.8 Å². The Morgan fingerprint density at radius 2 is 1.76 bits per heavy atom. The normalized spacial score (nSPS) is 29.9. The molecule has 5 rings (SSSR count). The minimum atomic E-state index is -0.656. The van der Waals surface area contributed by atoms with Gasteiger partial charge in [-0.2, -0.15) is 4.98 Å². The first-order valence-corrected chi connectivity index (χ1v) is 10.6. The molecule has 0 spiro atoms. The third kappa shape index (κ3) is 3.71. The highest BCUT2D eigenvalue weighted by molar-refractivity contribution is 5.42. The number of hydrogen-bond acceptors (Lipinski definition) is 6. The van der Waals surface area contributed by atoms with E-state index in [1.165, 1.54) is 24.0 Å². The highest BCUT2D eigenvalue weighted by Crippen LogP contribution is 2.42. The summed E-state index contributed by atoms with van der Waals surface area (Å²) in [6.45, 7) is 5.74. The van der Waals surface area contributed by atoms with E-state index in [-0.39, 0.29) is 24.4 Å². The predicted octanol–water partition coefficient (Wildman–Crippen LogP) is 3.78. The van der Waals surface area contributed by atoms with Crippen LogP contribution in [0.15, 0.2) is 30.5 Å². The van der Waals surface area contributed by atoms with Crippen molar-refractivity contribution in [3.05, 3.63) is 47.4 Å². The molecule has 154 valence electrons. The molecular formula is C23H28N2O4. The zero-order valence-corrected chi connectivity index (χ0v) is 17.3. The van der Waals surface area contributed by atoms with Crippen LogP contribution in [0.25, 0.3) is 0 Å². The van der Waals surface area contributed by atoms with Gasteiger partial charge in [-0.1, -0.05) is 12.1 Å². The molecule has 2 aliphatic carbocycles. The summed E-state index contributed by atoms with van der Waals surface area (Å²) >= 11 is 0. The molecule has 2 fully saturated rings. The van der Waals surface area contributed by atoms with Crippen molar-refractivity contribution < 1.29 is 18.9 Å². The molecule has 0 N–H and O–H groups in total. The Morgan fingerprint density at radius 1 is 1.00 bits per heavy atom. The first kappa shape index (κ1) is 18.8. The van der Waals surface area contributed by atoms with Crippen molar-refractivity contribution in [1.29, 1.82) is 0 Å². The molecule has 2 aromatic rings. The number of aromatic nitrogens is 2. The minimum absolute atomic E-state index is 0.122. The summed E-state index contributed by atoms with van der Waals surface area (Å²) in [6.07, 6.45) is 6.43. The van der Waals surface area contributed by atoms with E-state index in [0.29, 0.717) is 18.1 Å². The summed E-state index contributed by atoms with van der Waals surface area (Å²) < 4.78 is 25.2. The van der Waals surface area contributed by atoms with Gasteiger partial charge in [-0.05, 0) is 63.6 Å². The van der Waals surface area contributed by atoms with Gasteiger partial charge in [-0.3, -0.25) is 0 Å². The maximum Gasteiger partial charge on any atom is 0.216 e. The van der Waals surface area contributed by atoms with Crippen LogP contribution in [0.5, 0.6) is 11.6 Å². The van der Waals surface area contributed by atoms with Crippen molar-refractivity contribution in [2.24, 2.45) is 0 Å². The maximum absolute atomic E-state index is 6.55. The number of fused-ring (bicyclic) bond motifs is 2. The lowest BCUT2D eigenvalue weighted by atomic mass is 9.91. The average Bonchev–Trinajstić information content (AvgIpc) is 3.16. The van der Waals surface area contributed by atoms with Gasteiger partial charge in [0.25, 0.3) is 0 Å². The summed E-state index contributed by atoms with van der Waals surface area (Å²) in [7, 11) is 0. The van der Waals surface area contributed by atoms with Gasteiger partial charge in [-0.25, -0.2) is 4.98 Å². The summed E-state index contributed by atoms with van der Waals surface area (Å²) in [5.41, 5.74) is 2.76. The van der Waals surface area contributed by atoms with E-state index in [1.54, 1.807) is 12.3 Å². The Labute approximate surface area is 171 Å². The zero-order valence-electron chi connectivity index (χ0n) is 17.3. The van der Waals surface area contributed by atoms with Gasteiger partial charge >= 0.3 is 0 Å². The van der Waals surface area contributed by atoms with Crippen molar-refractivity contribution in [3.63, 3.8) is 0 Å². The lowest BCUT2D eigenvalue weighted by Crippen LogP contribution is -2.34. The molecule has 6 heteroatoms. The molecule has 1 saturated heterocycles. The van der Waals surface area contributed by atoms with Crippen LogP contribution in [0.2, 0.25) is 0 Å². The molecule has 1 aromatic carbocycles. The molecule has 0 amide bonds. The Bertz CT molecular complexity index is 900. The highest BCUT2D eigenvalue weighted by Gasteiger charge is 2.56. The van der Waals surface area contributed by atoms with Gasteiger partial charge < -0.3 is 18.9 Å². The second-order valence-corrected chi connectivity index (χ2v) is 8.66. The van der Waals surface area contributed by atoms with Crippen LogP contribution in [0.1, 0.15) is 50.1 Å². The van der Waals surface area contributed by atoms with Crippen LogP contribution >= 0.6 is 0 Å². The molecular weight excluding hydrogens is 368 g/mol. The van der Waals surface area contributed by atoms with Crippen molar-refractivity contribution in [2.75, 3.05) is 0 Å². The fourth-order valence-corrected chi connectivity index (χ4v) is 4.79. The van der Waals surface area contributed by atoms with E-state index in [2.05, 4.69) is 28.2 Å². The second-order valence-electron chi connectivity index (χ2n) is 8.66. The van der Waals surface area contributed by atoms with Crippen LogP contribution in [-0.4, -0.2) is 40.2 Å². The zero-order chi connectivity index (χ0) is 20.0. The molecule has 1 saturated carbocycles. The standard InChI is InChI=1S/C23H28N2O4/c1-14-24-12-11-20(25-14)27-19-13-18(21-22(19)29-23(2,3)28-21)26-17-10-6-8-15-7-4-5-9-16(15)17/h6,8,10-12,18-19,21-22H,4-5,7,9,13H2,1-3H3/t18-,19+,21+,22-/m0/s1. The number of aryl methyl sites for hydroxylation is 2. The molecule has 0 radical (unpaired) electrons. The molecule has 1 aliphatic heterocycles. The van der Waals surface area contributed by atoms with Gasteiger partial charge in [0.05, 0.1) is 0 Å². The van der Waals surface area contributed by atoms with Crippen LogP contribution in [0.3, 0.4) is 0 Å². The number of benzene rings is 1. The summed E-state index contributed by atoms with van der Waals surface area (Å²) in [5, 5.41) is 0. The molecule has 0 bridgehead atoms. The van der Waals surface area contributed by atoms with Crippen molar-refractivity contribution in [1.82, 2.24) is 9.97 Å². The molecule has 6 nitrogen and oxygen atoms in total. The van der Waals surface area contributed by atoms with Crippen LogP contribution < -0.4 is 9.47 Å². The van der Waals surface area contributed by atoms with Gasteiger partial charge in [0.1, 0.15) is 36.0 Å². The largest absolute Gasteiger partial charge is 0.487 e. The van der Waals surface area contributed by atoms with Gasteiger partial charge in [0, 0.05) is 18.7 Å². The monoisotopic (exact) mass is 396 g/mol. The van der Waals surface area contributed by atoms with Crippen molar-refractivity contribution in [2.45, 2.75) is 83.1 Å². The molecule has 1 aromatic heterocycles. The fraction of sp³-hybridized carbons (Fsp3) is 0.565. The van der Waals surface area contributed by atoms with Gasteiger partial charge in [0.15, 0.2) is 5.79 Å². The molecule has 0 unspecified atom stereocenters. The maximum atomic E-state index is 6.55. The molecule has 29 heavy (non-hydrogen) atoms. The van der Waals surface area contributed by atoms with E-state index in [4.69, 9.17) is 18.9 Å². The Hall–Kier alpha value is -2.18. The lowest BCUT2D eigenvalue weighted by Gasteiger charge is -2.26. The van der Waals surface area contributed by atoms with Crippen molar-refractivity contribution >= 4 is 0 Å². The summed E-state index contributed by atoms with van der Waals surface area (Å²) in [6, 6.07) is 8.19. The van der Waals surface area contributed by atoms with Crippen LogP contribution in [0, 0.1) is 6.92 Å². The third-order valence-electron chi connectivity index (χ3n) is 6.01. The van der Waals surface area contributed by atoms with E-state index >= 15 is 0 Å². The van der Waals surface area contributed by atoms with Crippen molar-refractivity contribution in [3.8, 4) is 11.6 Å². The van der Waals surface area contributed by atoms with E-state index in [9.17, 15) is 0 Å². The summed E-state index contributed by atoms with van der Waals surface area (Å²) in [4.78, 5) is 8.53. The Balaban J connectivity index is 1.39. The number of rotatable bonds is 4. The highest BCUT2D eigenvalue weighted by atomic mass is 16.8. The van der Waals surface area contributed by atoms with Gasteiger partial charge in [-0.15, -0.1) is 0 Å². The SMILES string of the molecule is Cc1nccc(O[C@@H]2C[C@H](Oc3cccc4c3CCCC4)[C@H]3OC(C)(C)O[C@H]32)n1. The Kier molecular flexibility index (Phi) is 4.71. The topological polar surface area (TPSA) is 62.7 Å². The molecule has 3 aliphatic rings. The first-order valence-electron chi connectivity index (χ1n) is 10.6. The third-order valence-corrected chi connectivity index (χ3v) is 6.01. The second kappa shape index (κ2) is 7.26. The van der Waals surface area contributed by atoms with E-state index in [0.717, 1.165) is 18.6 Å². The van der Waals surface area contributed by atoms with Crippen LogP contribution in [0.4, 0.5) is 0 Å². The summed E-state index contributed by atoms with van der Waals surface area (Å²) in [5.74, 6) is 1.58. The first-order chi connectivity index (χ1) is 14.0. The smallest absolute Gasteiger partial charge is 0.216 e. The minimum Gasteiger partial charge on any atom is -0.487 e. The van der Waals surface area contributed by atoms with Gasteiger partial charge in [0.2, 0.25) is 5.88 Å². The fourth-order valence-electron chi connectivity index (χ4n) is 4.79. The lowest BCUT2D eigenvalue weighted by molar-refractivity contribution is -0.168. The average molecular weight is 396 g/mol. The predicted molar refractivity (Wildman–Crippen MR) is 107 cm³/mol. The number of nitrogens with zero attached hydrogens (tertiary/aromatic N) is 2. The number of ether oxygens (including phenoxy) is 4. The van der Waals surface area contributed by atoms with E-state index < -0.39 is 5.79 Å². The molecule has 2 heterocycles. The Morgan fingerprint density at radius 3 is 2.55 bits per heavy atom. The molecule has 4 atom stereocenters. The quantitative estimate of drug-likeness (QED) is 0.784.